The summed E-state index contributed by atoms with van der Waals surface area (Å²) in [7, 11) is 1.56. The zero-order valence-electron chi connectivity index (χ0n) is 9.19. The van der Waals surface area contributed by atoms with Crippen LogP contribution in [0, 0.1) is 0 Å². The molecule has 5 heteroatoms. The van der Waals surface area contributed by atoms with Gasteiger partial charge in [0.1, 0.15) is 5.82 Å². The lowest BCUT2D eigenvalue weighted by Crippen LogP contribution is -2.32. The molecule has 0 aromatic carbocycles. The van der Waals surface area contributed by atoms with Crippen LogP contribution >= 0.6 is 0 Å². The minimum atomic E-state index is 0.0788. The minimum Gasteiger partial charge on any atom is -0.481 e. The molecule has 16 heavy (non-hydrogen) atoms. The third-order valence-electron chi connectivity index (χ3n) is 2.79. The van der Waals surface area contributed by atoms with Crippen molar-refractivity contribution in [2.75, 3.05) is 19.4 Å². The number of carbonyl (C=O) groups excluding carboxylic acids is 1. The molecule has 0 radical (unpaired) electrons. The Kier molecular flexibility index (Phi) is 2.94. The number of amides is 1. The van der Waals surface area contributed by atoms with Crippen molar-refractivity contribution in [1.29, 1.82) is 0 Å². The van der Waals surface area contributed by atoms with Gasteiger partial charge in [0.05, 0.1) is 7.11 Å². The van der Waals surface area contributed by atoms with Crippen LogP contribution in [0.5, 0.6) is 5.88 Å². The van der Waals surface area contributed by atoms with Crippen LogP contribution in [0.4, 0.5) is 5.82 Å². The normalized spacial score (nSPS) is 20.3. The Bertz CT molecular complexity index is 406. The predicted molar refractivity (Wildman–Crippen MR) is 60.2 cm³/mol. The van der Waals surface area contributed by atoms with E-state index in [1.165, 1.54) is 0 Å². The summed E-state index contributed by atoms with van der Waals surface area (Å²) in [5, 5.41) is 2.81. The maximum absolute atomic E-state index is 11.3. The van der Waals surface area contributed by atoms with E-state index in [2.05, 4.69) is 10.3 Å². The number of aromatic nitrogens is 1. The molecule has 1 amide bonds. The average molecular weight is 221 g/mol. The molecule has 0 aliphatic carbocycles. The maximum atomic E-state index is 11.3. The zero-order chi connectivity index (χ0) is 11.5. The Labute approximate surface area is 94.0 Å². The topological polar surface area (TPSA) is 77.2 Å². The summed E-state index contributed by atoms with van der Waals surface area (Å²) < 4.78 is 5.19. The molecule has 0 bridgehead atoms. The van der Waals surface area contributed by atoms with Crippen LogP contribution < -0.4 is 15.8 Å². The summed E-state index contributed by atoms with van der Waals surface area (Å²) in [4.78, 5) is 15.4. The fraction of sp³-hybridized carbons (Fsp3) is 0.455. The summed E-state index contributed by atoms with van der Waals surface area (Å²) in [5.74, 6) is 1.22. The van der Waals surface area contributed by atoms with Crippen molar-refractivity contribution in [2.45, 2.75) is 18.8 Å². The van der Waals surface area contributed by atoms with Crippen LogP contribution in [0.3, 0.4) is 0 Å². The first-order valence-electron chi connectivity index (χ1n) is 5.28. The van der Waals surface area contributed by atoms with Crippen LogP contribution in [-0.2, 0) is 4.79 Å². The molecular weight excluding hydrogens is 206 g/mol. The van der Waals surface area contributed by atoms with Gasteiger partial charge in [-0.15, -0.1) is 0 Å². The molecule has 1 aliphatic rings. The molecule has 1 aliphatic heterocycles. The Hall–Kier alpha value is -1.78. The van der Waals surface area contributed by atoms with Gasteiger partial charge in [-0.25, -0.2) is 0 Å². The van der Waals surface area contributed by atoms with E-state index in [1.807, 2.05) is 6.07 Å². The standard InChI is InChI=1S/C11H15N3O2/c1-16-11-8(2-3-9(12)14-11)7-4-5-13-10(15)6-7/h2-3,7H,4-6H2,1H3,(H2,12,14)(H,13,15). The SMILES string of the molecule is COc1nc(N)ccc1C1CCNC(=O)C1. The van der Waals surface area contributed by atoms with Crippen molar-refractivity contribution >= 4 is 11.7 Å². The van der Waals surface area contributed by atoms with E-state index in [1.54, 1.807) is 13.2 Å². The van der Waals surface area contributed by atoms with Crippen LogP contribution in [0.25, 0.3) is 0 Å². The zero-order valence-corrected chi connectivity index (χ0v) is 9.19. The highest BCUT2D eigenvalue weighted by Gasteiger charge is 2.23. The number of nitrogens with one attached hydrogen (secondary N) is 1. The largest absolute Gasteiger partial charge is 0.481 e. The van der Waals surface area contributed by atoms with E-state index in [4.69, 9.17) is 10.5 Å². The first-order chi connectivity index (χ1) is 7.70. The molecule has 0 saturated carbocycles. The lowest BCUT2D eigenvalue weighted by molar-refractivity contribution is -0.122. The van der Waals surface area contributed by atoms with Gasteiger partial charge < -0.3 is 15.8 Å². The number of carbonyl (C=O) groups is 1. The first kappa shape index (κ1) is 10.7. The number of hydrogen-bond acceptors (Lipinski definition) is 4. The predicted octanol–water partition coefficient (Wildman–Crippen LogP) is 0.666. The molecular formula is C11H15N3O2. The number of anilines is 1. The average Bonchev–Trinajstić information content (AvgIpc) is 2.28. The second-order valence-corrected chi connectivity index (χ2v) is 3.87. The van der Waals surface area contributed by atoms with Gasteiger partial charge in [0.15, 0.2) is 0 Å². The lowest BCUT2D eigenvalue weighted by atomic mass is 9.90. The molecule has 1 fully saturated rings. The number of nitrogen functional groups attached to an aromatic ring is 1. The summed E-state index contributed by atoms with van der Waals surface area (Å²) in [6.07, 6.45) is 1.40. The molecule has 5 nitrogen and oxygen atoms in total. The molecule has 1 aromatic heterocycles. The highest BCUT2D eigenvalue weighted by atomic mass is 16.5. The maximum Gasteiger partial charge on any atom is 0.220 e. The van der Waals surface area contributed by atoms with Crippen molar-refractivity contribution in [1.82, 2.24) is 10.3 Å². The molecule has 1 saturated heterocycles. The Morgan fingerprint density at radius 2 is 2.38 bits per heavy atom. The fourth-order valence-electron chi connectivity index (χ4n) is 1.99. The molecule has 1 unspecified atom stereocenters. The number of piperidine rings is 1. The number of methoxy groups -OCH3 is 1. The van der Waals surface area contributed by atoms with Crippen molar-refractivity contribution in [3.05, 3.63) is 17.7 Å². The minimum absolute atomic E-state index is 0.0788. The molecule has 1 aromatic rings. The van der Waals surface area contributed by atoms with Crippen molar-refractivity contribution in [3.63, 3.8) is 0 Å². The number of rotatable bonds is 2. The highest BCUT2D eigenvalue weighted by Crippen LogP contribution is 2.32. The molecule has 2 rings (SSSR count). The van der Waals surface area contributed by atoms with Crippen LogP contribution in [0.2, 0.25) is 0 Å². The van der Waals surface area contributed by atoms with Gasteiger partial charge in [-0.3, -0.25) is 4.79 Å². The number of nitrogens with zero attached hydrogens (tertiary/aromatic N) is 1. The monoisotopic (exact) mass is 221 g/mol. The van der Waals surface area contributed by atoms with E-state index >= 15 is 0 Å². The second kappa shape index (κ2) is 4.38. The number of pyridine rings is 1. The van der Waals surface area contributed by atoms with Gasteiger partial charge in [0, 0.05) is 18.5 Å². The van der Waals surface area contributed by atoms with Gasteiger partial charge >= 0.3 is 0 Å². The van der Waals surface area contributed by atoms with E-state index in [9.17, 15) is 4.79 Å². The van der Waals surface area contributed by atoms with E-state index < -0.39 is 0 Å². The Balaban J connectivity index is 2.28. The summed E-state index contributed by atoms with van der Waals surface area (Å²) in [6.45, 7) is 0.705. The van der Waals surface area contributed by atoms with Crippen molar-refractivity contribution in [2.24, 2.45) is 0 Å². The van der Waals surface area contributed by atoms with Crippen LogP contribution in [0.1, 0.15) is 24.3 Å². The Morgan fingerprint density at radius 1 is 1.56 bits per heavy atom. The van der Waals surface area contributed by atoms with Gasteiger partial charge in [0.25, 0.3) is 0 Å². The second-order valence-electron chi connectivity index (χ2n) is 3.87. The Morgan fingerprint density at radius 3 is 3.06 bits per heavy atom. The quantitative estimate of drug-likeness (QED) is 0.769. The number of ether oxygens (including phenoxy) is 1. The van der Waals surface area contributed by atoms with E-state index in [0.29, 0.717) is 24.7 Å². The number of nitrogens with two attached hydrogens (primary N) is 1. The van der Waals surface area contributed by atoms with Crippen molar-refractivity contribution in [3.8, 4) is 5.88 Å². The summed E-state index contributed by atoms with van der Waals surface area (Å²) in [5.41, 5.74) is 6.55. The third kappa shape index (κ3) is 2.08. The molecule has 86 valence electrons. The van der Waals surface area contributed by atoms with Gasteiger partial charge in [0.2, 0.25) is 11.8 Å². The molecule has 2 heterocycles. The van der Waals surface area contributed by atoms with Gasteiger partial charge in [-0.1, -0.05) is 0 Å². The summed E-state index contributed by atoms with van der Waals surface area (Å²) in [6, 6.07) is 3.63. The highest BCUT2D eigenvalue weighted by molar-refractivity contribution is 5.77. The van der Waals surface area contributed by atoms with Crippen molar-refractivity contribution < 1.29 is 9.53 Å². The van der Waals surface area contributed by atoms with Crippen LogP contribution in [0.15, 0.2) is 12.1 Å². The summed E-state index contributed by atoms with van der Waals surface area (Å²) >= 11 is 0. The lowest BCUT2D eigenvalue weighted by Gasteiger charge is -2.23. The molecule has 1 atom stereocenters. The third-order valence-corrected chi connectivity index (χ3v) is 2.79. The van der Waals surface area contributed by atoms with Gasteiger partial charge in [-0.05, 0) is 24.5 Å². The van der Waals surface area contributed by atoms with E-state index in [0.717, 1.165) is 12.0 Å². The van der Waals surface area contributed by atoms with Crippen LogP contribution in [-0.4, -0.2) is 24.5 Å². The first-order valence-corrected chi connectivity index (χ1v) is 5.28. The van der Waals surface area contributed by atoms with E-state index in [-0.39, 0.29) is 11.8 Å². The fourth-order valence-corrected chi connectivity index (χ4v) is 1.99. The molecule has 0 spiro atoms. The smallest absolute Gasteiger partial charge is 0.220 e. The molecule has 3 N–H and O–H groups in total. The number of hydrogen-bond donors (Lipinski definition) is 2. The van der Waals surface area contributed by atoms with Gasteiger partial charge in [-0.2, -0.15) is 4.98 Å².